The van der Waals surface area contributed by atoms with Gasteiger partial charge in [-0.05, 0) is 25.3 Å². The molecule has 1 amide bonds. The molecule has 1 fully saturated rings. The predicted molar refractivity (Wildman–Crippen MR) is 199 cm³/mol. The number of esters is 2. The molecule has 1 heterocycles. The zero-order valence-corrected chi connectivity index (χ0v) is 34.2. The van der Waals surface area contributed by atoms with Gasteiger partial charge in [0.2, 0.25) is 3.79 Å². The van der Waals surface area contributed by atoms with E-state index in [9.17, 15) is 24.6 Å². The van der Waals surface area contributed by atoms with Crippen molar-refractivity contribution in [1.29, 1.82) is 0 Å². The van der Waals surface area contributed by atoms with Gasteiger partial charge in [-0.25, -0.2) is 4.79 Å². The van der Waals surface area contributed by atoms with Crippen LogP contribution in [0.5, 0.6) is 0 Å². The average Bonchev–Trinajstić information content (AvgIpc) is 3.03. The summed E-state index contributed by atoms with van der Waals surface area (Å²) in [5, 5.41) is 23.7. The summed E-state index contributed by atoms with van der Waals surface area (Å²) in [6, 6.07) is -0.503. The summed E-state index contributed by atoms with van der Waals surface area (Å²) in [6.45, 7) is 9.86. The summed E-state index contributed by atoms with van der Waals surface area (Å²) in [6.07, 6.45) is 7.16. The molecule has 0 aliphatic carbocycles. The van der Waals surface area contributed by atoms with Crippen molar-refractivity contribution in [3.8, 4) is 0 Å². The third-order valence-corrected chi connectivity index (χ3v) is 10.5. The number of carbonyl (C=O) groups excluding carboxylic acids is 3. The summed E-state index contributed by atoms with van der Waals surface area (Å²) in [7, 11) is -1.54. The molecule has 1 rings (SSSR count). The molecular formula is C35H64Cl3NO10Si. The van der Waals surface area contributed by atoms with E-state index in [0.29, 0.717) is 12.8 Å². The van der Waals surface area contributed by atoms with Crippen molar-refractivity contribution >= 4 is 60.9 Å². The van der Waals surface area contributed by atoms with Gasteiger partial charge in [-0.1, -0.05) is 139 Å². The fourth-order valence-corrected chi connectivity index (χ4v) is 6.42. The Morgan fingerprint density at radius 1 is 0.880 bits per heavy atom. The topological polar surface area (TPSA) is 150 Å². The highest BCUT2D eigenvalue weighted by atomic mass is 35.6. The molecule has 0 aromatic heterocycles. The molecule has 1 saturated heterocycles. The quantitative estimate of drug-likeness (QED) is 0.0259. The van der Waals surface area contributed by atoms with E-state index in [1.807, 2.05) is 0 Å². The van der Waals surface area contributed by atoms with Gasteiger partial charge in [-0.2, -0.15) is 0 Å². The Hall–Kier alpha value is -0.863. The molecule has 3 N–H and O–H groups in total. The lowest BCUT2D eigenvalue weighted by Crippen LogP contribution is -2.66. The lowest BCUT2D eigenvalue weighted by Gasteiger charge is -2.43. The van der Waals surface area contributed by atoms with Gasteiger partial charge in [-0.15, -0.1) is 0 Å². The number of hydrogen-bond acceptors (Lipinski definition) is 10. The van der Waals surface area contributed by atoms with E-state index in [1.54, 1.807) is 0 Å². The maximum Gasteiger partial charge on any atom is 0.407 e. The third-order valence-electron chi connectivity index (χ3n) is 8.46. The minimum atomic E-state index is -1.88. The van der Waals surface area contributed by atoms with Crippen molar-refractivity contribution in [1.82, 2.24) is 5.32 Å². The van der Waals surface area contributed by atoms with E-state index in [1.165, 1.54) is 32.1 Å². The van der Waals surface area contributed by atoms with Crippen molar-refractivity contribution in [2.45, 2.75) is 183 Å². The van der Waals surface area contributed by atoms with Crippen molar-refractivity contribution in [3.63, 3.8) is 0 Å². The van der Waals surface area contributed by atoms with Crippen LogP contribution in [0.25, 0.3) is 0 Å². The number of carbonyl (C=O) groups is 3. The molecule has 6 atom stereocenters. The minimum absolute atomic E-state index is 0.253. The maximum atomic E-state index is 13.5. The molecule has 0 aromatic carbocycles. The standard InChI is InChI=1S/C35H64Cl3NO10Si/c1-6-8-10-12-13-14-15-16-17-19-26(47-28(41)20-18-11-9-7-2)23-29(42)49-32-30(39-34(44)46-25-35(36,37)38)33(45-21-22-50(3,4)5)48-27(24-40)31(32)43/h26-27,30-33,40,43H,6-25H2,1-5H3,(H,39,44)/t26-,27-,30-,31-,32-,33?/m1/s1. The summed E-state index contributed by atoms with van der Waals surface area (Å²) in [4.78, 5) is 39.0. The molecule has 11 nitrogen and oxygen atoms in total. The molecule has 1 unspecified atom stereocenters. The molecular weight excluding hydrogens is 729 g/mol. The molecule has 0 saturated carbocycles. The molecule has 0 radical (unpaired) electrons. The Morgan fingerprint density at radius 2 is 1.46 bits per heavy atom. The van der Waals surface area contributed by atoms with Gasteiger partial charge in [-0.3, -0.25) is 9.59 Å². The van der Waals surface area contributed by atoms with Crippen LogP contribution in [0.2, 0.25) is 25.7 Å². The van der Waals surface area contributed by atoms with Crippen LogP contribution in [0.15, 0.2) is 0 Å². The van der Waals surface area contributed by atoms with E-state index in [2.05, 4.69) is 38.8 Å². The number of amides is 1. The van der Waals surface area contributed by atoms with Gasteiger partial charge in [0.25, 0.3) is 0 Å². The first-order chi connectivity index (χ1) is 23.6. The molecule has 0 aromatic rings. The van der Waals surface area contributed by atoms with Gasteiger partial charge >= 0.3 is 18.0 Å². The second kappa shape index (κ2) is 26.0. The van der Waals surface area contributed by atoms with Crippen molar-refractivity contribution in [2.24, 2.45) is 0 Å². The number of aliphatic hydroxyl groups excluding tert-OH is 2. The second-order valence-corrected chi connectivity index (χ2v) is 22.6. The number of halogens is 3. The van der Waals surface area contributed by atoms with Gasteiger partial charge in [0.05, 0.1) is 13.0 Å². The summed E-state index contributed by atoms with van der Waals surface area (Å²) in [5.41, 5.74) is 0. The molecule has 294 valence electrons. The van der Waals surface area contributed by atoms with Crippen LogP contribution >= 0.6 is 34.8 Å². The maximum absolute atomic E-state index is 13.5. The Morgan fingerprint density at radius 3 is 2.02 bits per heavy atom. The number of nitrogens with one attached hydrogen (secondary N) is 1. The molecule has 15 heteroatoms. The SMILES string of the molecule is CCCCCCCCCCC[C@H](CC(=O)O[C@H]1[C@H](O)[C@@H](CO)OC(OCC[Si](C)(C)C)[C@@H]1NC(=O)OCC(Cl)(Cl)Cl)OC(=O)CCCCCC. The van der Waals surface area contributed by atoms with E-state index in [0.717, 1.165) is 51.0 Å². The molecule has 1 aliphatic heterocycles. The number of aliphatic hydroxyl groups is 2. The van der Waals surface area contributed by atoms with Crippen LogP contribution in [-0.2, 0) is 33.3 Å². The number of ether oxygens (including phenoxy) is 5. The average molecular weight is 793 g/mol. The molecule has 0 bridgehead atoms. The molecule has 0 spiro atoms. The highest BCUT2D eigenvalue weighted by Crippen LogP contribution is 2.28. The van der Waals surface area contributed by atoms with Crippen LogP contribution < -0.4 is 5.32 Å². The second-order valence-electron chi connectivity index (χ2n) is 14.5. The summed E-state index contributed by atoms with van der Waals surface area (Å²) in [5.74, 6) is -1.12. The van der Waals surface area contributed by atoms with Crippen LogP contribution in [0.3, 0.4) is 0 Å². The van der Waals surface area contributed by atoms with E-state index in [4.69, 9.17) is 58.5 Å². The number of alkyl halides is 3. The highest BCUT2D eigenvalue weighted by molar-refractivity contribution is 6.76. The first-order valence-electron chi connectivity index (χ1n) is 18.5. The number of alkyl carbamates (subject to hydrolysis) is 1. The number of hydrogen-bond donors (Lipinski definition) is 3. The lowest BCUT2D eigenvalue weighted by atomic mass is 9.96. The largest absolute Gasteiger partial charge is 0.462 e. The van der Waals surface area contributed by atoms with E-state index < -0.39 is 73.9 Å². The zero-order valence-electron chi connectivity index (χ0n) is 30.9. The van der Waals surface area contributed by atoms with Crippen molar-refractivity contribution in [3.05, 3.63) is 0 Å². The Kier molecular flexibility index (Phi) is 24.5. The van der Waals surface area contributed by atoms with Gasteiger partial charge in [0.15, 0.2) is 12.4 Å². The first kappa shape index (κ1) is 47.2. The monoisotopic (exact) mass is 791 g/mol. The van der Waals surface area contributed by atoms with Gasteiger partial charge in [0, 0.05) is 21.1 Å². The van der Waals surface area contributed by atoms with E-state index >= 15 is 0 Å². The fraction of sp³-hybridized carbons (Fsp3) is 0.914. The third kappa shape index (κ3) is 22.3. The van der Waals surface area contributed by atoms with Crippen LogP contribution in [0, 0.1) is 0 Å². The first-order valence-corrected chi connectivity index (χ1v) is 23.4. The minimum Gasteiger partial charge on any atom is -0.462 e. The van der Waals surface area contributed by atoms with Crippen LogP contribution in [0.4, 0.5) is 4.79 Å². The Bertz CT molecular complexity index is 953. The number of rotatable bonds is 26. The molecule has 1 aliphatic rings. The smallest absolute Gasteiger partial charge is 0.407 e. The fourth-order valence-electron chi connectivity index (χ4n) is 5.52. The van der Waals surface area contributed by atoms with Crippen molar-refractivity contribution in [2.75, 3.05) is 19.8 Å². The summed E-state index contributed by atoms with van der Waals surface area (Å²) >= 11 is 17.2. The summed E-state index contributed by atoms with van der Waals surface area (Å²) < 4.78 is 26.5. The Balaban J connectivity index is 3.06. The van der Waals surface area contributed by atoms with E-state index in [-0.39, 0.29) is 25.4 Å². The zero-order chi connectivity index (χ0) is 37.6. The predicted octanol–water partition coefficient (Wildman–Crippen LogP) is 7.99. The molecule has 50 heavy (non-hydrogen) atoms. The van der Waals surface area contributed by atoms with Crippen LogP contribution in [-0.4, -0.2) is 96.7 Å². The Labute approximate surface area is 316 Å². The van der Waals surface area contributed by atoms with Crippen LogP contribution in [0.1, 0.15) is 117 Å². The lowest BCUT2D eigenvalue weighted by molar-refractivity contribution is -0.272. The van der Waals surface area contributed by atoms with Crippen molar-refractivity contribution < 1.29 is 48.3 Å². The van der Waals surface area contributed by atoms with Gasteiger partial charge in [0.1, 0.15) is 31.0 Å². The van der Waals surface area contributed by atoms with Gasteiger partial charge < -0.3 is 39.2 Å². The normalized spacial score (nSPS) is 21.8. The number of unbranched alkanes of at least 4 members (excludes halogenated alkanes) is 11. The highest BCUT2D eigenvalue weighted by Gasteiger charge is 2.49.